The van der Waals surface area contributed by atoms with Gasteiger partial charge in [0.25, 0.3) is 5.91 Å². The largest absolute Gasteiger partial charge is 0.444 e. The maximum atomic E-state index is 12.2. The Morgan fingerprint density at radius 2 is 1.84 bits per heavy atom. The van der Waals surface area contributed by atoms with Crippen molar-refractivity contribution < 1.29 is 19.2 Å². The number of hydrogen-bond acceptors (Lipinski definition) is 4. The van der Waals surface area contributed by atoms with E-state index in [1.807, 2.05) is 27.7 Å². The van der Waals surface area contributed by atoms with Crippen LogP contribution in [0.3, 0.4) is 0 Å². The molecule has 2 amide bonds. The number of likely N-dealkylation sites (tertiary alicyclic amines) is 1. The number of carbonyl (C=O) groups is 2. The van der Waals surface area contributed by atoms with Gasteiger partial charge in [-0.25, -0.2) is 9.86 Å². The smallest absolute Gasteiger partial charge is 0.411 e. The van der Waals surface area contributed by atoms with Crippen LogP contribution in [0.1, 0.15) is 40.5 Å². The highest BCUT2D eigenvalue weighted by atomic mass is 16.7. The lowest BCUT2D eigenvalue weighted by Gasteiger charge is -2.31. The maximum Gasteiger partial charge on any atom is 0.411 e. The Kier molecular flexibility index (Phi) is 4.79. The molecule has 1 aliphatic heterocycles. The number of nitrogens with zero attached hydrogens (tertiary/aromatic N) is 2. The van der Waals surface area contributed by atoms with Gasteiger partial charge in [-0.2, -0.15) is 0 Å². The average molecular weight is 272 g/mol. The minimum absolute atomic E-state index is 0.00550. The summed E-state index contributed by atoms with van der Waals surface area (Å²) in [5.74, 6) is -0.224. The summed E-state index contributed by atoms with van der Waals surface area (Å²) in [6.45, 7) is 7.35. The summed E-state index contributed by atoms with van der Waals surface area (Å²) in [4.78, 5) is 30.8. The van der Waals surface area contributed by atoms with E-state index in [-0.39, 0.29) is 11.9 Å². The van der Waals surface area contributed by atoms with E-state index < -0.39 is 17.7 Å². The van der Waals surface area contributed by atoms with Crippen LogP contribution in [0.4, 0.5) is 4.79 Å². The van der Waals surface area contributed by atoms with E-state index in [0.29, 0.717) is 6.42 Å². The molecule has 1 rings (SSSR count). The second-order valence-electron chi connectivity index (χ2n) is 5.85. The second kappa shape index (κ2) is 5.77. The number of likely N-dealkylation sites (N-methyl/N-ethyl adjacent to an activating group) is 1. The zero-order valence-electron chi connectivity index (χ0n) is 12.6. The van der Waals surface area contributed by atoms with Crippen LogP contribution in [-0.2, 0) is 14.4 Å². The van der Waals surface area contributed by atoms with Gasteiger partial charge in [-0.1, -0.05) is 0 Å². The van der Waals surface area contributed by atoms with Gasteiger partial charge in [0, 0.05) is 13.1 Å². The van der Waals surface area contributed by atoms with Crippen LogP contribution in [0.5, 0.6) is 0 Å². The molecule has 0 aliphatic carbocycles. The van der Waals surface area contributed by atoms with Gasteiger partial charge in [-0.3, -0.25) is 14.5 Å². The molecule has 0 aromatic heterocycles. The molecule has 1 aliphatic rings. The molecule has 2 unspecified atom stereocenters. The first kappa shape index (κ1) is 15.8. The molecule has 0 aromatic carbocycles. The molecule has 1 saturated heterocycles. The second-order valence-corrected chi connectivity index (χ2v) is 5.85. The third kappa shape index (κ3) is 3.83. The highest BCUT2D eigenvalue weighted by molar-refractivity contribution is 5.85. The van der Waals surface area contributed by atoms with Gasteiger partial charge in [-0.05, 0) is 40.5 Å². The summed E-state index contributed by atoms with van der Waals surface area (Å²) >= 11 is 0. The maximum absolute atomic E-state index is 12.2. The van der Waals surface area contributed by atoms with Gasteiger partial charge < -0.3 is 4.74 Å². The molecular formula is C13H24N2O4. The summed E-state index contributed by atoms with van der Waals surface area (Å²) in [5.41, 5.74) is -0.569. The van der Waals surface area contributed by atoms with E-state index in [9.17, 15) is 9.59 Å². The van der Waals surface area contributed by atoms with Crippen molar-refractivity contribution in [2.24, 2.45) is 0 Å². The van der Waals surface area contributed by atoms with Crippen molar-refractivity contribution in [2.75, 3.05) is 14.2 Å². The van der Waals surface area contributed by atoms with Gasteiger partial charge in [0.05, 0.1) is 7.11 Å². The van der Waals surface area contributed by atoms with E-state index >= 15 is 0 Å². The summed E-state index contributed by atoms with van der Waals surface area (Å²) < 4.78 is 5.36. The van der Waals surface area contributed by atoms with Crippen molar-refractivity contribution in [3.8, 4) is 0 Å². The number of carbonyl (C=O) groups excluding carboxylic acids is 2. The van der Waals surface area contributed by atoms with Crippen LogP contribution < -0.4 is 0 Å². The Morgan fingerprint density at radius 3 is 2.32 bits per heavy atom. The molecule has 6 heteroatoms. The lowest BCUT2D eigenvalue weighted by Crippen LogP contribution is -2.50. The third-order valence-electron chi connectivity index (χ3n) is 3.14. The highest BCUT2D eigenvalue weighted by Gasteiger charge is 2.42. The number of hydrogen-bond donors (Lipinski definition) is 0. The summed E-state index contributed by atoms with van der Waals surface area (Å²) in [6, 6.07) is -0.510. The Bertz CT molecular complexity index is 351. The van der Waals surface area contributed by atoms with E-state index in [0.717, 1.165) is 11.5 Å². The van der Waals surface area contributed by atoms with Crippen LogP contribution >= 0.6 is 0 Å². The van der Waals surface area contributed by atoms with Gasteiger partial charge in [0.2, 0.25) is 0 Å². The van der Waals surface area contributed by atoms with Crippen LogP contribution in [-0.4, -0.2) is 53.8 Å². The Hall–Kier alpha value is -1.30. The van der Waals surface area contributed by atoms with Crippen LogP contribution in [0, 0.1) is 0 Å². The van der Waals surface area contributed by atoms with E-state index in [1.54, 1.807) is 7.05 Å². The molecular weight excluding hydrogens is 248 g/mol. The first-order valence-electron chi connectivity index (χ1n) is 6.50. The van der Waals surface area contributed by atoms with Crippen molar-refractivity contribution >= 4 is 12.0 Å². The van der Waals surface area contributed by atoms with E-state index in [1.165, 1.54) is 12.0 Å². The van der Waals surface area contributed by atoms with Crippen molar-refractivity contribution in [3.63, 3.8) is 0 Å². The summed E-state index contributed by atoms with van der Waals surface area (Å²) in [5, 5.41) is 1.15. The SMILES string of the molecule is CON(C)C(=O)C1CCC(C)N1C(=O)OC(C)(C)C. The lowest BCUT2D eigenvalue weighted by atomic mass is 10.2. The van der Waals surface area contributed by atoms with E-state index in [2.05, 4.69) is 0 Å². The molecule has 110 valence electrons. The van der Waals surface area contributed by atoms with Crippen LogP contribution in [0.2, 0.25) is 0 Å². The topological polar surface area (TPSA) is 59.1 Å². The fraction of sp³-hybridized carbons (Fsp3) is 0.846. The van der Waals surface area contributed by atoms with Crippen molar-refractivity contribution in [2.45, 2.75) is 58.2 Å². The predicted octanol–water partition coefficient (Wildman–Crippen LogP) is 1.79. The molecule has 0 aromatic rings. The summed E-state index contributed by atoms with van der Waals surface area (Å²) in [6.07, 6.45) is 0.973. The Morgan fingerprint density at radius 1 is 1.26 bits per heavy atom. The predicted molar refractivity (Wildman–Crippen MR) is 70.3 cm³/mol. The molecule has 0 saturated carbocycles. The standard InChI is InChI=1S/C13H24N2O4/c1-9-7-8-10(11(16)14(5)18-6)15(9)12(17)19-13(2,3)4/h9-10H,7-8H2,1-6H3. The first-order chi connectivity index (χ1) is 8.67. The molecule has 0 bridgehead atoms. The number of amides is 2. The fourth-order valence-corrected chi connectivity index (χ4v) is 2.15. The molecule has 0 spiro atoms. The molecule has 2 atom stereocenters. The zero-order valence-corrected chi connectivity index (χ0v) is 12.6. The molecule has 6 nitrogen and oxygen atoms in total. The van der Waals surface area contributed by atoms with Crippen molar-refractivity contribution in [1.29, 1.82) is 0 Å². The van der Waals surface area contributed by atoms with Crippen LogP contribution in [0.15, 0.2) is 0 Å². The van der Waals surface area contributed by atoms with Crippen molar-refractivity contribution in [3.05, 3.63) is 0 Å². The Labute approximate surface area is 114 Å². The monoisotopic (exact) mass is 272 g/mol. The molecule has 1 fully saturated rings. The number of ether oxygens (including phenoxy) is 1. The minimum Gasteiger partial charge on any atom is -0.444 e. The fourth-order valence-electron chi connectivity index (χ4n) is 2.15. The van der Waals surface area contributed by atoms with Gasteiger partial charge in [0.1, 0.15) is 11.6 Å². The normalized spacial score (nSPS) is 23.4. The van der Waals surface area contributed by atoms with Gasteiger partial charge in [0.15, 0.2) is 0 Å². The molecule has 1 heterocycles. The highest BCUT2D eigenvalue weighted by Crippen LogP contribution is 2.27. The average Bonchev–Trinajstić information content (AvgIpc) is 2.66. The quantitative estimate of drug-likeness (QED) is 0.719. The molecule has 0 N–H and O–H groups in total. The molecule has 19 heavy (non-hydrogen) atoms. The van der Waals surface area contributed by atoms with Gasteiger partial charge >= 0.3 is 6.09 Å². The zero-order chi connectivity index (χ0) is 14.8. The lowest BCUT2D eigenvalue weighted by molar-refractivity contribution is -0.173. The number of hydroxylamine groups is 2. The number of rotatable bonds is 2. The van der Waals surface area contributed by atoms with E-state index in [4.69, 9.17) is 9.57 Å². The van der Waals surface area contributed by atoms with Crippen LogP contribution in [0.25, 0.3) is 0 Å². The Balaban J connectivity index is 2.83. The summed E-state index contributed by atoms with van der Waals surface area (Å²) in [7, 11) is 2.96. The third-order valence-corrected chi connectivity index (χ3v) is 3.14. The minimum atomic E-state index is -0.569. The first-order valence-corrected chi connectivity index (χ1v) is 6.50. The molecule has 0 radical (unpaired) electrons. The van der Waals surface area contributed by atoms with Gasteiger partial charge in [-0.15, -0.1) is 0 Å². The van der Waals surface area contributed by atoms with Crippen molar-refractivity contribution in [1.82, 2.24) is 9.96 Å².